The smallest absolute Gasteiger partial charge is 0.264 e. The molecule has 0 atom stereocenters. The van der Waals surface area contributed by atoms with Crippen LogP contribution in [0.4, 0.5) is 11.4 Å². The van der Waals surface area contributed by atoms with Crippen molar-refractivity contribution >= 4 is 55.0 Å². The quantitative estimate of drug-likeness (QED) is 0.117. The van der Waals surface area contributed by atoms with Crippen LogP contribution in [0.3, 0.4) is 0 Å². The summed E-state index contributed by atoms with van der Waals surface area (Å²) < 4.78 is 13.5. The van der Waals surface area contributed by atoms with E-state index in [1.807, 2.05) is 158 Å². The molecule has 0 N–H and O–H groups in total. The molecule has 0 aliphatic heterocycles. The number of rotatable bonds is 13. The van der Waals surface area contributed by atoms with E-state index < -0.39 is 0 Å². The Hall–Kier alpha value is -5.18. The van der Waals surface area contributed by atoms with Crippen molar-refractivity contribution < 1.29 is 19.1 Å². The molecule has 8 heteroatoms. The van der Waals surface area contributed by atoms with Crippen LogP contribution < -0.4 is 19.3 Å². The molecule has 0 aliphatic carbocycles. The van der Waals surface area contributed by atoms with Crippen molar-refractivity contribution in [1.29, 1.82) is 0 Å². The van der Waals surface area contributed by atoms with E-state index >= 15 is 0 Å². The summed E-state index contributed by atoms with van der Waals surface area (Å²) in [5.74, 6) is 0.642. The molecule has 0 saturated carbocycles. The Kier molecular flexibility index (Phi) is 11.8. The number of carbonyl (C=O) groups is 2. The number of hydrogen-bond acceptors (Lipinski definition) is 4. The standard InChI is InChI=1S/C42H34Br2N2O4/c43-37-27-33(31-13-5-1-6-14-31)21-23-39(37)49-29-41(47)45(35-17-9-3-10-18-35)25-26-46(36-19-11-4-12-20-36)42(48)30-50-40-24-22-34(28-38(40)44)32-15-7-2-8-16-32/h1-24,27-28H,25-26,29-30H2. The van der Waals surface area contributed by atoms with Crippen molar-refractivity contribution in [3.05, 3.63) is 167 Å². The molecule has 0 spiro atoms. The maximum absolute atomic E-state index is 13.8. The van der Waals surface area contributed by atoms with Crippen LogP contribution in [0.15, 0.2) is 167 Å². The zero-order valence-electron chi connectivity index (χ0n) is 27.1. The van der Waals surface area contributed by atoms with Gasteiger partial charge in [0.1, 0.15) is 11.5 Å². The molecule has 0 saturated heterocycles. The largest absolute Gasteiger partial charge is 0.483 e. The number of ether oxygens (including phenoxy) is 2. The molecular formula is C42H34Br2N2O4. The van der Waals surface area contributed by atoms with E-state index in [0.29, 0.717) is 22.9 Å². The first-order valence-electron chi connectivity index (χ1n) is 16.1. The van der Waals surface area contributed by atoms with Gasteiger partial charge in [-0.2, -0.15) is 0 Å². The molecule has 6 nitrogen and oxygen atoms in total. The summed E-state index contributed by atoms with van der Waals surface area (Å²) in [5, 5.41) is 0. The van der Waals surface area contributed by atoms with Crippen molar-refractivity contribution in [2.75, 3.05) is 36.1 Å². The molecular weight excluding hydrogens is 756 g/mol. The van der Waals surface area contributed by atoms with Gasteiger partial charge in [0.05, 0.1) is 8.95 Å². The number of halogens is 2. The first-order valence-corrected chi connectivity index (χ1v) is 17.7. The number of carbonyl (C=O) groups excluding carboxylic acids is 2. The zero-order chi connectivity index (χ0) is 34.7. The van der Waals surface area contributed by atoms with Crippen molar-refractivity contribution in [2.45, 2.75) is 0 Å². The highest BCUT2D eigenvalue weighted by atomic mass is 79.9. The van der Waals surface area contributed by atoms with Crippen LogP contribution in [0.25, 0.3) is 22.3 Å². The van der Waals surface area contributed by atoms with Gasteiger partial charge in [-0.25, -0.2) is 0 Å². The summed E-state index contributed by atoms with van der Waals surface area (Å²) in [6.07, 6.45) is 0. The SMILES string of the molecule is O=C(COc1ccc(-c2ccccc2)cc1Br)N(CCN(C(=O)COc1ccc(-c2ccccc2)cc1Br)c1ccccc1)c1ccccc1. The summed E-state index contributed by atoms with van der Waals surface area (Å²) in [4.78, 5) is 30.8. The van der Waals surface area contributed by atoms with E-state index in [-0.39, 0.29) is 38.1 Å². The van der Waals surface area contributed by atoms with Crippen molar-refractivity contribution in [3.63, 3.8) is 0 Å². The third-order valence-electron chi connectivity index (χ3n) is 8.07. The van der Waals surface area contributed by atoms with Gasteiger partial charge in [-0.3, -0.25) is 9.59 Å². The topological polar surface area (TPSA) is 59.1 Å². The third kappa shape index (κ3) is 8.88. The lowest BCUT2D eigenvalue weighted by atomic mass is 10.1. The van der Waals surface area contributed by atoms with Crippen LogP contribution in [0.2, 0.25) is 0 Å². The Labute approximate surface area is 309 Å². The molecule has 50 heavy (non-hydrogen) atoms. The second-order valence-electron chi connectivity index (χ2n) is 11.4. The second kappa shape index (κ2) is 17.0. The molecule has 0 aliphatic rings. The number of amides is 2. The summed E-state index contributed by atoms with van der Waals surface area (Å²) in [6, 6.07) is 50.5. The van der Waals surface area contributed by atoms with Gasteiger partial charge in [0.25, 0.3) is 11.8 Å². The average molecular weight is 791 g/mol. The molecule has 0 unspecified atom stereocenters. The van der Waals surface area contributed by atoms with Gasteiger partial charge in [0.2, 0.25) is 0 Å². The predicted molar refractivity (Wildman–Crippen MR) is 208 cm³/mol. The third-order valence-corrected chi connectivity index (χ3v) is 9.30. The van der Waals surface area contributed by atoms with Gasteiger partial charge in [-0.15, -0.1) is 0 Å². The van der Waals surface area contributed by atoms with Crippen molar-refractivity contribution in [1.82, 2.24) is 0 Å². The van der Waals surface area contributed by atoms with Gasteiger partial charge in [-0.05, 0) is 103 Å². The van der Waals surface area contributed by atoms with Gasteiger partial charge in [0.15, 0.2) is 13.2 Å². The van der Waals surface area contributed by atoms with Gasteiger partial charge < -0.3 is 19.3 Å². The number of para-hydroxylation sites is 2. The number of nitrogens with zero attached hydrogens (tertiary/aromatic N) is 2. The normalized spacial score (nSPS) is 10.7. The lowest BCUT2D eigenvalue weighted by Gasteiger charge is -2.28. The zero-order valence-corrected chi connectivity index (χ0v) is 30.3. The maximum atomic E-state index is 13.8. The van der Waals surface area contributed by atoms with Gasteiger partial charge >= 0.3 is 0 Å². The fraction of sp³-hybridized carbons (Fsp3) is 0.0952. The van der Waals surface area contributed by atoms with Gasteiger partial charge in [0, 0.05) is 24.5 Å². The summed E-state index contributed by atoms with van der Waals surface area (Å²) in [5.41, 5.74) is 5.66. The number of benzene rings is 6. The fourth-order valence-electron chi connectivity index (χ4n) is 5.50. The average Bonchev–Trinajstić information content (AvgIpc) is 3.16. The van der Waals surface area contributed by atoms with Crippen LogP contribution in [0.1, 0.15) is 0 Å². The highest BCUT2D eigenvalue weighted by Gasteiger charge is 2.22. The highest BCUT2D eigenvalue weighted by molar-refractivity contribution is 9.11. The number of hydrogen-bond donors (Lipinski definition) is 0. The molecule has 0 fully saturated rings. The van der Waals surface area contributed by atoms with E-state index in [1.165, 1.54) is 0 Å². The monoisotopic (exact) mass is 788 g/mol. The van der Waals surface area contributed by atoms with Crippen LogP contribution in [0.5, 0.6) is 11.5 Å². The minimum Gasteiger partial charge on any atom is -0.483 e. The van der Waals surface area contributed by atoms with Crippen LogP contribution in [-0.4, -0.2) is 38.1 Å². The van der Waals surface area contributed by atoms with E-state index in [4.69, 9.17) is 9.47 Å². The van der Waals surface area contributed by atoms with Crippen molar-refractivity contribution in [2.24, 2.45) is 0 Å². The fourth-order valence-corrected chi connectivity index (χ4v) is 6.49. The Bertz CT molecular complexity index is 1880. The molecule has 6 rings (SSSR count). The van der Waals surface area contributed by atoms with Crippen LogP contribution in [-0.2, 0) is 9.59 Å². The first kappa shape index (κ1) is 34.7. The van der Waals surface area contributed by atoms with Crippen LogP contribution >= 0.6 is 31.9 Å². The predicted octanol–water partition coefficient (Wildman–Crippen LogP) is 10.1. The molecule has 0 radical (unpaired) electrons. The first-order chi connectivity index (χ1) is 24.5. The summed E-state index contributed by atoms with van der Waals surface area (Å²) >= 11 is 7.22. The summed E-state index contributed by atoms with van der Waals surface area (Å²) in [7, 11) is 0. The van der Waals surface area contributed by atoms with E-state index in [0.717, 1.165) is 31.2 Å². The minimum absolute atomic E-state index is 0.187. The van der Waals surface area contributed by atoms with Crippen LogP contribution in [0, 0.1) is 0 Å². The number of anilines is 2. The molecule has 6 aromatic rings. The maximum Gasteiger partial charge on any atom is 0.264 e. The van der Waals surface area contributed by atoms with Gasteiger partial charge in [-0.1, -0.05) is 109 Å². The lowest BCUT2D eigenvalue weighted by Crippen LogP contribution is -2.44. The Morgan fingerprint density at radius 3 is 1.12 bits per heavy atom. The molecule has 2 amide bonds. The molecule has 0 aromatic heterocycles. The molecule has 0 bridgehead atoms. The summed E-state index contributed by atoms with van der Waals surface area (Å²) in [6.45, 7) is 0.0913. The lowest BCUT2D eigenvalue weighted by molar-refractivity contribution is -0.122. The Morgan fingerprint density at radius 2 is 0.780 bits per heavy atom. The molecule has 250 valence electrons. The van der Waals surface area contributed by atoms with E-state index in [9.17, 15) is 9.59 Å². The van der Waals surface area contributed by atoms with E-state index in [1.54, 1.807) is 9.80 Å². The van der Waals surface area contributed by atoms with Crippen molar-refractivity contribution in [3.8, 4) is 33.8 Å². The molecule has 0 heterocycles. The Balaban J connectivity index is 1.15. The minimum atomic E-state index is -0.241. The molecule has 6 aromatic carbocycles. The van der Waals surface area contributed by atoms with E-state index in [2.05, 4.69) is 31.9 Å². The Morgan fingerprint density at radius 1 is 0.440 bits per heavy atom. The highest BCUT2D eigenvalue weighted by Crippen LogP contribution is 2.32. The second-order valence-corrected chi connectivity index (χ2v) is 13.1.